The van der Waals surface area contributed by atoms with Gasteiger partial charge in [0.15, 0.2) is 0 Å². The van der Waals surface area contributed by atoms with Crippen molar-refractivity contribution < 1.29 is 13.9 Å². The van der Waals surface area contributed by atoms with Crippen molar-refractivity contribution in [1.82, 2.24) is 0 Å². The van der Waals surface area contributed by atoms with Crippen molar-refractivity contribution in [2.24, 2.45) is 5.10 Å². The van der Waals surface area contributed by atoms with Crippen LogP contribution in [0.25, 0.3) is 0 Å². The van der Waals surface area contributed by atoms with Crippen LogP contribution in [0.5, 0.6) is 0 Å². The van der Waals surface area contributed by atoms with Crippen molar-refractivity contribution in [3.8, 4) is 0 Å². The number of carbonyl (C=O) groups is 1. The van der Waals surface area contributed by atoms with E-state index in [0.29, 0.717) is 12.1 Å². The molecule has 1 saturated heterocycles. The van der Waals surface area contributed by atoms with Gasteiger partial charge in [0.05, 0.1) is 23.9 Å². The zero-order chi connectivity index (χ0) is 14.1. The summed E-state index contributed by atoms with van der Waals surface area (Å²) < 4.78 is 19.0. The van der Waals surface area contributed by atoms with E-state index < -0.39 is 5.82 Å². The number of hydrogen-bond acceptors (Lipinski definition) is 3. The van der Waals surface area contributed by atoms with Crippen molar-refractivity contribution in [3.05, 3.63) is 29.0 Å². The Balaban J connectivity index is 1.80. The van der Waals surface area contributed by atoms with Gasteiger partial charge in [0.1, 0.15) is 10.8 Å². The summed E-state index contributed by atoms with van der Waals surface area (Å²) >= 11 is 5.89. The number of ether oxygens (including phenoxy) is 1. The van der Waals surface area contributed by atoms with E-state index in [0.717, 1.165) is 25.2 Å². The van der Waals surface area contributed by atoms with E-state index in [4.69, 9.17) is 16.3 Å². The maximum Gasteiger partial charge on any atom is 0.253 e. The van der Waals surface area contributed by atoms with E-state index in [-0.39, 0.29) is 23.5 Å². The number of nitrogens with zero attached hydrogens (tertiary/aromatic N) is 2. The van der Waals surface area contributed by atoms with E-state index in [2.05, 4.69) is 5.10 Å². The second-order valence-corrected chi connectivity index (χ2v) is 5.34. The minimum Gasteiger partial charge on any atom is -0.378 e. The number of halogens is 2. The molecule has 0 bridgehead atoms. The minimum atomic E-state index is -0.556. The molecule has 0 aliphatic carbocycles. The lowest BCUT2D eigenvalue weighted by atomic mass is 10.1. The Labute approximate surface area is 121 Å². The van der Waals surface area contributed by atoms with Crippen LogP contribution in [0.3, 0.4) is 0 Å². The highest BCUT2D eigenvalue weighted by atomic mass is 35.5. The summed E-state index contributed by atoms with van der Waals surface area (Å²) in [7, 11) is 0. The Morgan fingerprint density at radius 2 is 2.35 bits per heavy atom. The van der Waals surface area contributed by atoms with Crippen LogP contribution < -0.4 is 5.01 Å². The smallest absolute Gasteiger partial charge is 0.253 e. The lowest BCUT2D eigenvalue weighted by molar-refractivity contribution is -0.116. The summed E-state index contributed by atoms with van der Waals surface area (Å²) in [5.74, 6) is -0.745. The van der Waals surface area contributed by atoms with Crippen LogP contribution in [-0.4, -0.2) is 24.3 Å². The van der Waals surface area contributed by atoms with Crippen molar-refractivity contribution in [1.29, 1.82) is 0 Å². The summed E-state index contributed by atoms with van der Waals surface area (Å²) in [6, 6.07) is 4.35. The molecule has 0 radical (unpaired) electrons. The fourth-order valence-electron chi connectivity index (χ4n) is 2.51. The molecule has 0 saturated carbocycles. The van der Waals surface area contributed by atoms with E-state index >= 15 is 0 Å². The molecule has 1 unspecified atom stereocenters. The molecule has 2 aliphatic rings. The summed E-state index contributed by atoms with van der Waals surface area (Å²) in [5.41, 5.74) is 1.06. The number of anilines is 1. The average molecular weight is 297 g/mol. The van der Waals surface area contributed by atoms with Crippen molar-refractivity contribution in [2.45, 2.75) is 31.8 Å². The minimum absolute atomic E-state index is 0.0806. The van der Waals surface area contributed by atoms with Gasteiger partial charge in [0, 0.05) is 13.0 Å². The van der Waals surface area contributed by atoms with Crippen LogP contribution in [-0.2, 0) is 9.53 Å². The van der Waals surface area contributed by atoms with Gasteiger partial charge in [-0.1, -0.05) is 17.7 Å². The van der Waals surface area contributed by atoms with Gasteiger partial charge in [-0.2, -0.15) is 10.1 Å². The Hall–Kier alpha value is -1.46. The van der Waals surface area contributed by atoms with Crippen molar-refractivity contribution in [3.63, 3.8) is 0 Å². The van der Waals surface area contributed by atoms with Gasteiger partial charge in [-0.25, -0.2) is 4.39 Å². The van der Waals surface area contributed by atoms with Gasteiger partial charge in [0.25, 0.3) is 5.91 Å². The molecule has 1 atom stereocenters. The van der Waals surface area contributed by atoms with Gasteiger partial charge in [-0.05, 0) is 25.0 Å². The fourth-order valence-corrected chi connectivity index (χ4v) is 2.71. The molecule has 1 aromatic rings. The molecular formula is C14H14ClFN2O2. The Morgan fingerprint density at radius 3 is 3.10 bits per heavy atom. The van der Waals surface area contributed by atoms with Crippen molar-refractivity contribution >= 4 is 28.9 Å². The van der Waals surface area contributed by atoms with Gasteiger partial charge in [-0.3, -0.25) is 4.79 Å². The molecule has 106 valence electrons. The number of amides is 1. The predicted octanol–water partition coefficient (Wildman–Crippen LogP) is 3.14. The van der Waals surface area contributed by atoms with Crippen LogP contribution in [0, 0.1) is 5.82 Å². The highest BCUT2D eigenvalue weighted by molar-refractivity contribution is 6.34. The third kappa shape index (κ3) is 2.55. The number of hydrogen-bond donors (Lipinski definition) is 0. The predicted molar refractivity (Wildman–Crippen MR) is 74.5 cm³/mol. The molecule has 1 amide bonds. The normalized spacial score (nSPS) is 22.5. The van der Waals surface area contributed by atoms with E-state index in [1.807, 2.05) is 0 Å². The van der Waals surface area contributed by atoms with Gasteiger partial charge in [0.2, 0.25) is 0 Å². The largest absolute Gasteiger partial charge is 0.378 e. The number of carbonyl (C=O) groups excluding carboxylic acids is 1. The number of hydrazone groups is 1. The molecule has 2 aliphatic heterocycles. The molecule has 4 nitrogen and oxygen atoms in total. The highest BCUT2D eigenvalue weighted by Crippen LogP contribution is 2.31. The second-order valence-electron chi connectivity index (χ2n) is 4.96. The summed E-state index contributed by atoms with van der Waals surface area (Å²) in [6.45, 7) is 0.769. The lowest BCUT2D eigenvalue weighted by Crippen LogP contribution is -2.20. The van der Waals surface area contributed by atoms with E-state index in [1.54, 1.807) is 6.07 Å². The van der Waals surface area contributed by atoms with Crippen LogP contribution in [0.4, 0.5) is 10.1 Å². The molecule has 6 heteroatoms. The Bertz CT molecular complexity index is 570. The fraction of sp³-hybridized carbons (Fsp3) is 0.429. The zero-order valence-corrected chi connectivity index (χ0v) is 11.6. The maximum absolute atomic E-state index is 13.4. The first-order chi connectivity index (χ1) is 9.65. The van der Waals surface area contributed by atoms with Crippen LogP contribution in [0.15, 0.2) is 23.3 Å². The van der Waals surface area contributed by atoms with Gasteiger partial charge >= 0.3 is 0 Å². The molecule has 0 N–H and O–H groups in total. The summed E-state index contributed by atoms with van der Waals surface area (Å²) in [6.07, 6.45) is 3.07. The first kappa shape index (κ1) is 13.5. The maximum atomic E-state index is 13.4. The van der Waals surface area contributed by atoms with Gasteiger partial charge < -0.3 is 4.74 Å². The summed E-state index contributed by atoms with van der Waals surface area (Å²) in [4.78, 5) is 12.0. The first-order valence-electron chi connectivity index (χ1n) is 6.60. The quantitative estimate of drug-likeness (QED) is 0.860. The molecule has 1 fully saturated rings. The SMILES string of the molecule is O=C1CC(CC2CCCO2)=NN1c1cccc(F)c1Cl. The van der Waals surface area contributed by atoms with Crippen LogP contribution in [0.2, 0.25) is 5.02 Å². The topological polar surface area (TPSA) is 41.9 Å². The molecule has 20 heavy (non-hydrogen) atoms. The van der Waals surface area contributed by atoms with Crippen molar-refractivity contribution in [2.75, 3.05) is 11.6 Å². The standard InChI is InChI=1S/C14H14ClFN2O2/c15-14-11(16)4-1-5-12(14)18-13(19)8-9(17-18)7-10-3-2-6-20-10/h1,4-5,10H,2-3,6-8H2. The first-order valence-corrected chi connectivity index (χ1v) is 6.98. The molecule has 1 aromatic carbocycles. The monoisotopic (exact) mass is 296 g/mol. The van der Waals surface area contributed by atoms with E-state index in [1.165, 1.54) is 17.1 Å². The number of rotatable bonds is 3. The molecular weight excluding hydrogens is 283 g/mol. The second kappa shape index (κ2) is 5.50. The zero-order valence-electron chi connectivity index (χ0n) is 10.8. The highest BCUT2D eigenvalue weighted by Gasteiger charge is 2.29. The average Bonchev–Trinajstić information content (AvgIpc) is 3.03. The number of benzene rings is 1. The van der Waals surface area contributed by atoms with Crippen LogP contribution >= 0.6 is 11.6 Å². The Kier molecular flexibility index (Phi) is 3.72. The lowest BCUT2D eigenvalue weighted by Gasteiger charge is -2.13. The van der Waals surface area contributed by atoms with Crippen LogP contribution in [0.1, 0.15) is 25.7 Å². The Morgan fingerprint density at radius 1 is 1.50 bits per heavy atom. The third-order valence-electron chi connectivity index (χ3n) is 3.48. The molecule has 3 rings (SSSR count). The van der Waals surface area contributed by atoms with E-state index in [9.17, 15) is 9.18 Å². The van der Waals surface area contributed by atoms with Gasteiger partial charge in [-0.15, -0.1) is 0 Å². The third-order valence-corrected chi connectivity index (χ3v) is 3.85. The summed E-state index contributed by atoms with van der Waals surface area (Å²) in [5, 5.41) is 5.38. The molecule has 0 spiro atoms. The molecule has 0 aromatic heterocycles. The molecule has 2 heterocycles.